The van der Waals surface area contributed by atoms with Gasteiger partial charge in [-0.15, -0.1) is 0 Å². The van der Waals surface area contributed by atoms with Crippen molar-refractivity contribution in [1.29, 1.82) is 0 Å². The summed E-state index contributed by atoms with van der Waals surface area (Å²) in [6.07, 6.45) is 0.00903. The summed E-state index contributed by atoms with van der Waals surface area (Å²) in [6, 6.07) is 0. The maximum atomic E-state index is 12.3. The lowest BCUT2D eigenvalue weighted by Crippen LogP contribution is -2.28. The van der Waals surface area contributed by atoms with Crippen molar-refractivity contribution < 1.29 is 18.0 Å². The number of hydrogen-bond donors (Lipinski definition) is 1. The Morgan fingerprint density at radius 1 is 1.31 bits per heavy atom. The predicted molar refractivity (Wildman–Crippen MR) is 53.6 cm³/mol. The Morgan fingerprint density at radius 3 is 2.08 bits per heavy atom. The fourth-order valence-corrected chi connectivity index (χ4v) is 1.59. The Labute approximate surface area is 84.6 Å². The Hall–Kier alpha value is 0.560. The maximum absolute atomic E-state index is 12.3. The highest BCUT2D eigenvalue weighted by atomic mass is 32.1. The van der Waals surface area contributed by atoms with Crippen LogP contribution in [0.25, 0.3) is 0 Å². The average molecular weight is 232 g/mol. The highest BCUT2D eigenvalue weighted by Gasteiger charge is 2.34. The van der Waals surface area contributed by atoms with Gasteiger partial charge in [-0.1, -0.05) is 12.6 Å². The van der Waals surface area contributed by atoms with Crippen molar-refractivity contribution >= 4 is 21.4 Å². The first kappa shape index (κ1) is 13.6. The number of rotatable bonds is 5. The Balaban J connectivity index is 3.94. The Kier molecular flexibility index (Phi) is 5.08. The number of halogens is 2. The molecule has 0 aliphatic heterocycles. The molecule has 6 heteroatoms. The van der Waals surface area contributed by atoms with Crippen molar-refractivity contribution in [3.05, 3.63) is 0 Å². The van der Waals surface area contributed by atoms with E-state index in [0.29, 0.717) is 0 Å². The molecule has 0 aliphatic rings. The summed E-state index contributed by atoms with van der Waals surface area (Å²) in [5, 5.41) is -1.00. The van der Waals surface area contributed by atoms with Crippen LogP contribution in [0.1, 0.15) is 27.7 Å². The lowest BCUT2D eigenvalue weighted by Gasteiger charge is -2.28. The molecule has 1 unspecified atom stereocenters. The third-order valence-corrected chi connectivity index (χ3v) is 2.19. The van der Waals surface area contributed by atoms with Crippen LogP contribution < -0.4 is 0 Å². The summed E-state index contributed by atoms with van der Waals surface area (Å²) in [6.45, 7) is 6.75. The van der Waals surface area contributed by atoms with Crippen LogP contribution in [-0.2, 0) is 9.26 Å². The van der Waals surface area contributed by atoms with Crippen molar-refractivity contribution in [3.63, 3.8) is 0 Å². The molecule has 0 N–H and O–H groups in total. The van der Waals surface area contributed by atoms with Crippen LogP contribution in [0.3, 0.4) is 0 Å². The van der Waals surface area contributed by atoms with Crippen LogP contribution in [0.15, 0.2) is 0 Å². The van der Waals surface area contributed by atoms with Crippen LogP contribution in [0.2, 0.25) is 0 Å². The zero-order valence-electron chi connectivity index (χ0n) is 8.10. The summed E-state index contributed by atoms with van der Waals surface area (Å²) in [4.78, 5) is 0. The average Bonchev–Trinajstić information content (AvgIpc) is 1.78. The summed E-state index contributed by atoms with van der Waals surface area (Å²) >= 11 is 2.99. The van der Waals surface area contributed by atoms with Gasteiger partial charge in [-0.3, -0.25) is 4.74 Å². The molecule has 0 saturated carbocycles. The van der Waals surface area contributed by atoms with Gasteiger partial charge in [0.2, 0.25) is 0 Å². The van der Waals surface area contributed by atoms with E-state index in [1.807, 2.05) is 13.8 Å². The first-order valence-corrected chi connectivity index (χ1v) is 5.21. The Morgan fingerprint density at radius 2 is 1.77 bits per heavy atom. The van der Waals surface area contributed by atoms with E-state index in [-0.39, 0.29) is 14.9 Å². The minimum atomic E-state index is -3.41. The highest BCUT2D eigenvalue weighted by molar-refractivity contribution is 7.81. The number of thiol groups is 1. The Bertz CT molecular complexity index is 159. The highest BCUT2D eigenvalue weighted by Crippen LogP contribution is 2.39. The van der Waals surface area contributed by atoms with Crippen molar-refractivity contribution in [1.82, 2.24) is 0 Å². The molecular formula is C7H15F2O2PS. The molecular weight excluding hydrogens is 217 g/mol. The molecule has 0 amide bonds. The van der Waals surface area contributed by atoms with E-state index < -0.39 is 10.8 Å². The van der Waals surface area contributed by atoms with Gasteiger partial charge < -0.3 is 4.52 Å². The molecule has 0 aromatic carbocycles. The van der Waals surface area contributed by atoms with Crippen LogP contribution in [0.5, 0.6) is 0 Å². The summed E-state index contributed by atoms with van der Waals surface area (Å²) < 4.78 is 34.2. The third-order valence-electron chi connectivity index (χ3n) is 0.918. The minimum Gasteiger partial charge on any atom is -0.357 e. The van der Waals surface area contributed by atoms with Gasteiger partial charge in [0, 0.05) is 8.81 Å². The number of hydrogen-bond acceptors (Lipinski definition) is 3. The smallest absolute Gasteiger partial charge is 0.357 e. The first-order valence-electron chi connectivity index (χ1n) is 3.85. The van der Waals surface area contributed by atoms with Crippen LogP contribution >= 0.6 is 21.4 Å². The van der Waals surface area contributed by atoms with Gasteiger partial charge in [0.15, 0.2) is 0 Å². The molecule has 0 bridgehead atoms. The number of ether oxygens (including phenoxy) is 1. The molecule has 0 radical (unpaired) electrons. The van der Waals surface area contributed by atoms with E-state index in [0.717, 1.165) is 0 Å². The zero-order valence-corrected chi connectivity index (χ0v) is 9.99. The molecule has 0 aromatic rings. The summed E-state index contributed by atoms with van der Waals surface area (Å²) in [5.74, 6) is 0. The summed E-state index contributed by atoms with van der Waals surface area (Å²) in [5.41, 5.74) is -3.41. The molecule has 1 atom stereocenters. The van der Waals surface area contributed by atoms with Crippen molar-refractivity contribution in [2.45, 2.75) is 44.6 Å². The van der Waals surface area contributed by atoms with E-state index in [2.05, 4.69) is 17.4 Å². The van der Waals surface area contributed by atoms with Crippen LogP contribution in [-0.4, -0.2) is 16.9 Å². The molecule has 13 heavy (non-hydrogen) atoms. The molecule has 0 saturated heterocycles. The lowest BCUT2D eigenvalue weighted by atomic mass is 10.5. The number of alkyl halides is 2. The third kappa shape index (κ3) is 8.88. The second-order valence-electron chi connectivity index (χ2n) is 3.37. The molecule has 80 valence electrons. The fourth-order valence-electron chi connectivity index (χ4n) is 0.588. The van der Waals surface area contributed by atoms with Gasteiger partial charge in [-0.25, -0.2) is 0 Å². The second kappa shape index (κ2) is 4.87. The second-order valence-corrected chi connectivity index (χ2v) is 5.53. The van der Waals surface area contributed by atoms with Gasteiger partial charge in [0.1, 0.15) is 5.34 Å². The standard InChI is InChI=1S/C7H15F2O2PS/c1-5(2)10-12-6(3,4)11-7(8,9)13/h5,12-13H,1-4H3. The first-order chi connectivity index (χ1) is 5.62. The molecule has 0 heterocycles. The lowest BCUT2D eigenvalue weighted by molar-refractivity contribution is -0.196. The van der Waals surface area contributed by atoms with Crippen LogP contribution in [0, 0.1) is 0 Å². The fraction of sp³-hybridized carbons (Fsp3) is 1.00. The molecule has 0 fully saturated rings. The van der Waals surface area contributed by atoms with E-state index in [4.69, 9.17) is 4.52 Å². The summed E-state index contributed by atoms with van der Waals surface area (Å²) in [7, 11) is -0.138. The topological polar surface area (TPSA) is 18.5 Å². The molecule has 0 spiro atoms. The largest absolute Gasteiger partial charge is 0.405 e. The van der Waals surface area contributed by atoms with Crippen LogP contribution in [0.4, 0.5) is 8.78 Å². The van der Waals surface area contributed by atoms with E-state index in [1.54, 1.807) is 0 Å². The molecule has 0 rings (SSSR count). The van der Waals surface area contributed by atoms with Gasteiger partial charge in [0.05, 0.1) is 6.10 Å². The molecule has 2 nitrogen and oxygen atoms in total. The quantitative estimate of drug-likeness (QED) is 0.445. The van der Waals surface area contributed by atoms with E-state index in [9.17, 15) is 8.78 Å². The van der Waals surface area contributed by atoms with E-state index >= 15 is 0 Å². The van der Waals surface area contributed by atoms with Crippen molar-refractivity contribution in [3.8, 4) is 0 Å². The SMILES string of the molecule is CC(C)OPC(C)(C)OC(F)(F)S. The molecule has 0 aromatic heterocycles. The minimum absolute atomic E-state index is 0.00903. The van der Waals surface area contributed by atoms with Crippen molar-refractivity contribution in [2.75, 3.05) is 0 Å². The van der Waals surface area contributed by atoms with E-state index in [1.165, 1.54) is 13.8 Å². The van der Waals surface area contributed by atoms with Gasteiger partial charge in [-0.2, -0.15) is 8.78 Å². The molecule has 0 aliphatic carbocycles. The van der Waals surface area contributed by atoms with Gasteiger partial charge in [0.25, 0.3) is 0 Å². The maximum Gasteiger partial charge on any atom is 0.405 e. The van der Waals surface area contributed by atoms with Gasteiger partial charge >= 0.3 is 5.44 Å². The zero-order chi connectivity index (χ0) is 10.7. The normalized spacial score (nSPS) is 14.8. The predicted octanol–water partition coefficient (Wildman–Crippen LogP) is 3.24. The monoisotopic (exact) mass is 232 g/mol. The van der Waals surface area contributed by atoms with Gasteiger partial charge in [-0.05, 0) is 27.7 Å². The van der Waals surface area contributed by atoms with Crippen molar-refractivity contribution in [2.24, 2.45) is 0 Å².